The van der Waals surface area contributed by atoms with Crippen molar-refractivity contribution >= 4 is 34.7 Å². The Bertz CT molecular complexity index is 1170. The number of allylic oxidation sites excluding steroid dienone is 2. The van der Waals surface area contributed by atoms with Crippen LogP contribution >= 0.6 is 23.2 Å². The minimum Gasteiger partial charge on any atom is -0.511 e. The van der Waals surface area contributed by atoms with Crippen LogP contribution in [0.25, 0.3) is 0 Å². The zero-order valence-corrected chi connectivity index (χ0v) is 23.1. The molecule has 2 atom stereocenters. The Balaban J connectivity index is 1.30. The highest BCUT2D eigenvalue weighted by Gasteiger charge is 2.35. The van der Waals surface area contributed by atoms with E-state index in [-0.39, 0.29) is 30.2 Å². The number of halogens is 2. The van der Waals surface area contributed by atoms with Crippen molar-refractivity contribution in [3.63, 3.8) is 0 Å². The summed E-state index contributed by atoms with van der Waals surface area (Å²) in [5.41, 5.74) is 0.772. The first-order valence-corrected chi connectivity index (χ1v) is 13.7. The van der Waals surface area contributed by atoms with Crippen LogP contribution in [0.2, 0.25) is 10.0 Å². The predicted octanol–water partition coefficient (Wildman–Crippen LogP) is 7.55. The molecule has 38 heavy (non-hydrogen) atoms. The second kappa shape index (κ2) is 13.4. The van der Waals surface area contributed by atoms with Crippen LogP contribution in [-0.2, 0) is 14.4 Å². The van der Waals surface area contributed by atoms with Gasteiger partial charge < -0.3 is 24.2 Å². The summed E-state index contributed by atoms with van der Waals surface area (Å²) in [5, 5.41) is 15.9. The number of rotatable bonds is 10. The van der Waals surface area contributed by atoms with Crippen LogP contribution in [0.4, 0.5) is 0 Å². The van der Waals surface area contributed by atoms with E-state index in [1.54, 1.807) is 42.5 Å². The van der Waals surface area contributed by atoms with Crippen LogP contribution in [0.1, 0.15) is 46.0 Å². The van der Waals surface area contributed by atoms with Gasteiger partial charge in [-0.2, -0.15) is 0 Å². The van der Waals surface area contributed by atoms with E-state index in [2.05, 4.69) is 5.16 Å². The maximum atomic E-state index is 12.9. The molecule has 2 aromatic rings. The molecule has 0 amide bonds. The maximum Gasteiger partial charge on any atom is 0.168 e. The van der Waals surface area contributed by atoms with Gasteiger partial charge >= 0.3 is 0 Å². The first-order valence-electron chi connectivity index (χ1n) is 13.0. The first kappa shape index (κ1) is 28.3. The monoisotopic (exact) mass is 561 g/mol. The van der Waals surface area contributed by atoms with Crippen LogP contribution in [0.5, 0.6) is 17.2 Å². The van der Waals surface area contributed by atoms with Crippen molar-refractivity contribution in [2.75, 3.05) is 19.8 Å². The average Bonchev–Trinajstić information content (AvgIpc) is 2.90. The molecular formula is C29H33Cl2NO6. The maximum absolute atomic E-state index is 12.9. The van der Waals surface area contributed by atoms with Crippen molar-refractivity contribution < 1.29 is 28.9 Å². The highest BCUT2D eigenvalue weighted by atomic mass is 35.5. The molecule has 204 valence electrons. The first-order chi connectivity index (χ1) is 18.3. The summed E-state index contributed by atoms with van der Waals surface area (Å²) < 4.78 is 17.1. The van der Waals surface area contributed by atoms with Crippen LogP contribution in [0.3, 0.4) is 0 Å². The fraction of sp³-hybridized carbons (Fsp3) is 0.448. The number of oxime groups is 1. The second-order valence-corrected chi connectivity index (χ2v) is 10.5. The zero-order valence-electron chi connectivity index (χ0n) is 21.6. The Hall–Kier alpha value is -2.74. The third kappa shape index (κ3) is 7.43. The lowest BCUT2D eigenvalue weighted by Crippen LogP contribution is -2.31. The SMILES string of the molecule is CCC(=NOCC(C)Oc1ccc(Oc2ccc(Cl)cc2Cl)cc1)C1=C(O)CC(C2CCOCC2)CC1=O. The van der Waals surface area contributed by atoms with Gasteiger partial charge in [0.25, 0.3) is 0 Å². The molecule has 1 fully saturated rings. The van der Waals surface area contributed by atoms with E-state index in [1.807, 2.05) is 13.8 Å². The van der Waals surface area contributed by atoms with Crippen molar-refractivity contribution in [2.45, 2.75) is 52.1 Å². The van der Waals surface area contributed by atoms with Gasteiger partial charge in [0.1, 0.15) is 29.1 Å². The minimum atomic E-state index is -0.308. The Morgan fingerprint density at radius 3 is 2.45 bits per heavy atom. The quantitative estimate of drug-likeness (QED) is 0.238. The number of aliphatic hydroxyl groups is 1. The zero-order chi connectivity index (χ0) is 27.1. The third-order valence-corrected chi connectivity index (χ3v) is 7.32. The summed E-state index contributed by atoms with van der Waals surface area (Å²) in [4.78, 5) is 18.5. The molecule has 4 rings (SSSR count). The standard InChI is InChI=1S/C29H33Cl2NO6/c1-3-25(29-26(33)14-20(15-27(29)34)19-10-12-35-13-11-19)32-36-17-18(2)37-22-5-7-23(8-6-22)38-28-9-4-21(30)16-24(28)31/h4-9,16,18-20,33H,3,10-15,17H2,1-2H3. The topological polar surface area (TPSA) is 86.6 Å². The molecule has 1 heterocycles. The van der Waals surface area contributed by atoms with Gasteiger partial charge in [0.2, 0.25) is 0 Å². The van der Waals surface area contributed by atoms with E-state index in [4.69, 9.17) is 42.3 Å². The van der Waals surface area contributed by atoms with Crippen molar-refractivity contribution in [3.05, 3.63) is 63.8 Å². The van der Waals surface area contributed by atoms with Gasteiger partial charge in [0, 0.05) is 31.1 Å². The number of hydrogen-bond acceptors (Lipinski definition) is 7. The summed E-state index contributed by atoms with van der Waals surface area (Å²) in [5.74, 6) is 2.36. The normalized spacial score (nSPS) is 19.8. The van der Waals surface area contributed by atoms with Crippen LogP contribution in [-0.4, -0.2) is 42.5 Å². The van der Waals surface area contributed by atoms with E-state index < -0.39 is 0 Å². The second-order valence-electron chi connectivity index (χ2n) is 9.63. The lowest BCUT2D eigenvalue weighted by molar-refractivity contribution is -0.117. The van der Waals surface area contributed by atoms with E-state index in [0.717, 1.165) is 26.1 Å². The van der Waals surface area contributed by atoms with Crippen LogP contribution in [0, 0.1) is 11.8 Å². The molecule has 7 nitrogen and oxygen atoms in total. The fourth-order valence-corrected chi connectivity index (χ4v) is 5.26. The van der Waals surface area contributed by atoms with Gasteiger partial charge in [-0.3, -0.25) is 4.79 Å². The molecular weight excluding hydrogens is 529 g/mol. The number of benzene rings is 2. The lowest BCUT2D eigenvalue weighted by Gasteiger charge is -2.32. The largest absolute Gasteiger partial charge is 0.511 e. The molecule has 0 spiro atoms. The van der Waals surface area contributed by atoms with Crippen molar-refractivity contribution in [1.29, 1.82) is 0 Å². The van der Waals surface area contributed by atoms with Gasteiger partial charge in [-0.05, 0) is 80.5 Å². The number of carbonyl (C=O) groups excluding carboxylic acids is 1. The molecule has 0 saturated carbocycles. The van der Waals surface area contributed by atoms with Crippen molar-refractivity contribution in [2.24, 2.45) is 17.0 Å². The Kier molecular flexibility index (Phi) is 9.94. The number of hydrogen-bond donors (Lipinski definition) is 1. The number of aliphatic hydroxyl groups excluding tert-OH is 1. The van der Waals surface area contributed by atoms with Crippen LogP contribution in [0.15, 0.2) is 59.0 Å². The summed E-state index contributed by atoms with van der Waals surface area (Å²) in [7, 11) is 0. The molecule has 0 bridgehead atoms. The number of nitrogens with zero attached hydrogens (tertiary/aromatic N) is 1. The van der Waals surface area contributed by atoms with Crippen molar-refractivity contribution in [3.8, 4) is 17.2 Å². The Labute approximate surface area is 233 Å². The molecule has 2 aliphatic rings. The third-order valence-electron chi connectivity index (χ3n) is 6.79. The summed E-state index contributed by atoms with van der Waals surface area (Å²) in [6.07, 6.45) is 2.95. The van der Waals surface area contributed by atoms with E-state index in [1.165, 1.54) is 0 Å². The highest BCUT2D eigenvalue weighted by Crippen LogP contribution is 2.36. The molecule has 9 heteroatoms. The molecule has 2 aromatic carbocycles. The van der Waals surface area contributed by atoms with E-state index in [9.17, 15) is 9.90 Å². The number of ketones is 1. The molecule has 0 aromatic heterocycles. The fourth-order valence-electron chi connectivity index (χ4n) is 4.82. The van der Waals surface area contributed by atoms with Crippen LogP contribution < -0.4 is 9.47 Å². The van der Waals surface area contributed by atoms with E-state index >= 15 is 0 Å². The molecule has 1 aliphatic carbocycles. The molecule has 0 radical (unpaired) electrons. The summed E-state index contributed by atoms with van der Waals surface area (Å²) >= 11 is 12.1. The van der Waals surface area contributed by atoms with Gasteiger partial charge in [-0.1, -0.05) is 35.3 Å². The number of carbonyl (C=O) groups is 1. The predicted molar refractivity (Wildman–Crippen MR) is 148 cm³/mol. The van der Waals surface area contributed by atoms with Gasteiger partial charge in [0.15, 0.2) is 12.4 Å². The van der Waals surface area contributed by atoms with Crippen molar-refractivity contribution in [1.82, 2.24) is 0 Å². The lowest BCUT2D eigenvalue weighted by atomic mass is 9.75. The highest BCUT2D eigenvalue weighted by molar-refractivity contribution is 6.35. The minimum absolute atomic E-state index is 0.0686. The number of ether oxygens (including phenoxy) is 3. The number of Topliss-reactive ketones (excluding diaryl/α,β-unsaturated/α-hetero) is 1. The summed E-state index contributed by atoms with van der Waals surface area (Å²) in [6, 6.07) is 12.2. The molecule has 1 N–H and O–H groups in total. The molecule has 1 saturated heterocycles. The van der Waals surface area contributed by atoms with Gasteiger partial charge in [-0.15, -0.1) is 0 Å². The molecule has 2 unspecified atom stereocenters. The Morgan fingerprint density at radius 1 is 1.08 bits per heavy atom. The van der Waals surface area contributed by atoms with Gasteiger partial charge in [0.05, 0.1) is 16.3 Å². The summed E-state index contributed by atoms with van der Waals surface area (Å²) in [6.45, 7) is 5.37. The Morgan fingerprint density at radius 2 is 1.79 bits per heavy atom. The smallest absolute Gasteiger partial charge is 0.168 e. The average molecular weight is 562 g/mol. The van der Waals surface area contributed by atoms with Gasteiger partial charge in [-0.25, -0.2) is 0 Å². The van der Waals surface area contributed by atoms with E-state index in [0.29, 0.717) is 63.8 Å². The molecule has 1 aliphatic heterocycles.